The van der Waals surface area contributed by atoms with Crippen molar-refractivity contribution in [1.29, 1.82) is 0 Å². The number of carboxylic acid groups (broad SMARTS) is 1. The van der Waals surface area contributed by atoms with Gasteiger partial charge >= 0.3 is 12.1 Å². The molecule has 0 saturated carbocycles. The van der Waals surface area contributed by atoms with Crippen LogP contribution in [-0.2, 0) is 24.4 Å². The maximum atomic E-state index is 17.1. The van der Waals surface area contributed by atoms with Crippen molar-refractivity contribution in [2.75, 3.05) is 5.73 Å². The summed E-state index contributed by atoms with van der Waals surface area (Å²) in [6.45, 7) is 1.07. The summed E-state index contributed by atoms with van der Waals surface area (Å²) in [7, 11) is 0. The molecule has 2 saturated heterocycles. The van der Waals surface area contributed by atoms with Crippen LogP contribution in [0.25, 0.3) is 11.2 Å². The molecule has 13 heteroatoms. The van der Waals surface area contributed by atoms with E-state index < -0.39 is 41.3 Å². The highest BCUT2D eigenvalue weighted by molar-refractivity contribution is 6.30. The molecule has 2 aliphatic heterocycles. The summed E-state index contributed by atoms with van der Waals surface area (Å²) < 4.78 is 34.4. The number of aromatic nitrogens is 4. The van der Waals surface area contributed by atoms with Crippen molar-refractivity contribution < 1.29 is 33.3 Å². The summed E-state index contributed by atoms with van der Waals surface area (Å²) in [6.07, 6.45) is 3.14. The summed E-state index contributed by atoms with van der Waals surface area (Å²) in [5, 5.41) is 10.4. The molecular weight excluding hydrogens is 473 g/mol. The van der Waals surface area contributed by atoms with E-state index in [4.69, 9.17) is 38.0 Å². The Labute approximate surface area is 195 Å². The van der Waals surface area contributed by atoms with Crippen LogP contribution in [-0.4, -0.2) is 54.3 Å². The number of hydrogen-bond donors (Lipinski definition) is 2. The van der Waals surface area contributed by atoms with Crippen LogP contribution >= 0.6 is 11.6 Å². The number of nitrogens with zero attached hydrogens (tertiary/aromatic N) is 4. The van der Waals surface area contributed by atoms with E-state index in [-0.39, 0.29) is 27.6 Å². The number of halogens is 2. The van der Waals surface area contributed by atoms with Gasteiger partial charge in [-0.1, -0.05) is 23.7 Å². The number of carboxylic acids is 1. The molecule has 1 unspecified atom stereocenters. The highest BCUT2D eigenvalue weighted by atomic mass is 35.5. The molecule has 0 spiro atoms. The number of terminal acetylenes is 1. The number of aliphatic carboxylic acids is 1. The number of anilines is 1. The van der Waals surface area contributed by atoms with Crippen molar-refractivity contribution in [2.45, 2.75) is 36.1 Å². The first-order chi connectivity index (χ1) is 16.1. The molecule has 0 radical (unpaired) electrons. The van der Waals surface area contributed by atoms with Crippen LogP contribution in [0, 0.1) is 12.3 Å². The van der Waals surface area contributed by atoms with Gasteiger partial charge in [-0.3, -0.25) is 9.36 Å². The number of fused-ring (bicyclic) bond motifs is 2. The second-order valence-corrected chi connectivity index (χ2v) is 8.36. The fourth-order valence-electron chi connectivity index (χ4n) is 4.37. The maximum Gasteiger partial charge on any atom is 0.510 e. The number of imidazole rings is 1. The van der Waals surface area contributed by atoms with Crippen LogP contribution in [0.1, 0.15) is 18.7 Å². The molecule has 3 aromatic rings. The number of rotatable bonds is 4. The molecule has 1 aromatic carbocycles. The minimum absolute atomic E-state index is 0.0218. The van der Waals surface area contributed by atoms with E-state index >= 15 is 4.39 Å². The lowest BCUT2D eigenvalue weighted by atomic mass is 9.71. The summed E-state index contributed by atoms with van der Waals surface area (Å²) in [4.78, 5) is 36.8. The Morgan fingerprint density at radius 2 is 2.18 bits per heavy atom. The Hall–Kier alpha value is -3.95. The fourth-order valence-corrected chi connectivity index (χ4v) is 4.56. The number of alkyl halides is 1. The SMILES string of the molecule is C#C[C@@]12OC(=O)O[C@@H]1[C@@](F)(C(C)(C(=O)O)c1cccc(Cl)c1)O[C@H]2n1cnc2c(N)ncnc21. The van der Waals surface area contributed by atoms with Gasteiger partial charge in [-0.15, -0.1) is 6.42 Å². The van der Waals surface area contributed by atoms with Gasteiger partial charge in [0.15, 0.2) is 23.1 Å². The highest BCUT2D eigenvalue weighted by Crippen LogP contribution is 2.59. The first kappa shape index (κ1) is 21.9. The van der Waals surface area contributed by atoms with Gasteiger partial charge < -0.3 is 25.1 Å². The second-order valence-electron chi connectivity index (χ2n) is 7.93. The van der Waals surface area contributed by atoms with Gasteiger partial charge in [-0.2, -0.15) is 0 Å². The van der Waals surface area contributed by atoms with E-state index in [2.05, 4.69) is 20.9 Å². The third-order valence-electron chi connectivity index (χ3n) is 6.22. The molecule has 11 nitrogen and oxygen atoms in total. The minimum atomic E-state index is -3.23. The fraction of sp³-hybridized carbons (Fsp3) is 0.286. The molecule has 0 amide bonds. The van der Waals surface area contributed by atoms with Gasteiger partial charge in [-0.25, -0.2) is 24.1 Å². The Balaban J connectivity index is 1.76. The van der Waals surface area contributed by atoms with Crippen LogP contribution in [0.4, 0.5) is 15.0 Å². The van der Waals surface area contributed by atoms with Crippen molar-refractivity contribution in [1.82, 2.24) is 19.5 Å². The summed E-state index contributed by atoms with van der Waals surface area (Å²) in [5.74, 6) is -2.60. The smallest absolute Gasteiger partial charge is 0.480 e. The summed E-state index contributed by atoms with van der Waals surface area (Å²) in [5.41, 5.74) is 1.32. The average molecular weight is 488 g/mol. The maximum absolute atomic E-state index is 17.1. The molecule has 3 N–H and O–H groups in total. The topological polar surface area (TPSA) is 152 Å². The molecule has 5 rings (SSSR count). The molecule has 2 fully saturated rings. The number of benzene rings is 1. The van der Waals surface area contributed by atoms with E-state index in [9.17, 15) is 14.7 Å². The van der Waals surface area contributed by atoms with Gasteiger partial charge in [-0.05, 0) is 30.5 Å². The molecule has 174 valence electrons. The summed E-state index contributed by atoms with van der Waals surface area (Å²) in [6, 6.07) is 5.56. The number of nitrogens with two attached hydrogens (primary N) is 1. The van der Waals surface area contributed by atoms with Crippen LogP contribution in [0.15, 0.2) is 36.9 Å². The lowest BCUT2D eigenvalue weighted by Gasteiger charge is -2.38. The lowest BCUT2D eigenvalue weighted by Crippen LogP contribution is -2.60. The van der Waals surface area contributed by atoms with Crippen molar-refractivity contribution in [3.8, 4) is 12.3 Å². The standard InChI is InChI=1S/C21H15ClFN5O6/c1-3-20-15(32-18(31)34-20)21(23,19(2,17(29)30)10-5-4-6-11(22)7-10)33-16(20)28-9-27-12-13(24)25-8-26-14(12)28/h1,4-9,15-16H,2H3,(H,29,30)(H2,24,25,26)/t15-,16+,19?,20+,21-/m0/s1. The second kappa shape index (κ2) is 7.02. The van der Waals surface area contributed by atoms with E-state index in [0.717, 1.165) is 13.3 Å². The third-order valence-corrected chi connectivity index (χ3v) is 6.45. The van der Waals surface area contributed by atoms with Gasteiger partial charge in [0.25, 0.3) is 11.5 Å². The van der Waals surface area contributed by atoms with Gasteiger partial charge in [0, 0.05) is 5.02 Å². The van der Waals surface area contributed by atoms with Crippen LogP contribution in [0.2, 0.25) is 5.02 Å². The monoisotopic (exact) mass is 487 g/mol. The normalized spacial score (nSPS) is 29.6. The number of nitrogen functional groups attached to an aromatic ring is 1. The van der Waals surface area contributed by atoms with Crippen LogP contribution in [0.5, 0.6) is 0 Å². The quantitative estimate of drug-likeness (QED) is 0.413. The lowest BCUT2D eigenvalue weighted by molar-refractivity contribution is -0.233. The average Bonchev–Trinajstić information content (AvgIpc) is 3.45. The third kappa shape index (κ3) is 2.59. The van der Waals surface area contributed by atoms with Gasteiger partial charge in [0.05, 0.1) is 6.33 Å². The Morgan fingerprint density at radius 1 is 1.41 bits per heavy atom. The molecule has 4 heterocycles. The van der Waals surface area contributed by atoms with Crippen LogP contribution in [0.3, 0.4) is 0 Å². The minimum Gasteiger partial charge on any atom is -0.480 e. The van der Waals surface area contributed by atoms with Crippen molar-refractivity contribution in [2.24, 2.45) is 0 Å². The number of hydrogen-bond acceptors (Lipinski definition) is 9. The van der Waals surface area contributed by atoms with Crippen molar-refractivity contribution in [3.63, 3.8) is 0 Å². The molecule has 0 bridgehead atoms. The molecule has 0 aliphatic carbocycles. The zero-order valence-corrected chi connectivity index (χ0v) is 18.1. The van der Waals surface area contributed by atoms with Gasteiger partial charge in [0.2, 0.25) is 6.10 Å². The summed E-state index contributed by atoms with van der Waals surface area (Å²) >= 11 is 6.05. The Morgan fingerprint density at radius 3 is 2.85 bits per heavy atom. The highest BCUT2D eigenvalue weighted by Gasteiger charge is 2.80. The van der Waals surface area contributed by atoms with Crippen molar-refractivity contribution in [3.05, 3.63) is 47.5 Å². The molecule has 34 heavy (non-hydrogen) atoms. The number of carbonyl (C=O) groups excluding carboxylic acids is 1. The van der Waals surface area contributed by atoms with E-state index in [1.165, 1.54) is 35.2 Å². The zero-order valence-electron chi connectivity index (χ0n) is 17.3. The van der Waals surface area contributed by atoms with E-state index in [0.29, 0.717) is 0 Å². The van der Waals surface area contributed by atoms with Gasteiger partial charge in [0.1, 0.15) is 11.8 Å². The van der Waals surface area contributed by atoms with E-state index in [1.807, 2.05) is 0 Å². The van der Waals surface area contributed by atoms with Crippen LogP contribution < -0.4 is 5.73 Å². The Bertz CT molecular complexity index is 1410. The molecule has 2 aliphatic rings. The number of carbonyl (C=O) groups is 2. The largest absolute Gasteiger partial charge is 0.510 e. The predicted octanol–water partition coefficient (Wildman–Crippen LogP) is 2.21. The first-order valence-electron chi connectivity index (χ1n) is 9.75. The Kier molecular flexibility index (Phi) is 4.52. The zero-order chi connectivity index (χ0) is 24.5. The number of ether oxygens (including phenoxy) is 3. The molecular formula is C21H15ClFN5O6. The molecule has 2 aromatic heterocycles. The molecule has 5 atom stereocenters. The first-order valence-corrected chi connectivity index (χ1v) is 10.1. The predicted molar refractivity (Wildman–Crippen MR) is 113 cm³/mol. The van der Waals surface area contributed by atoms with Crippen molar-refractivity contribution >= 4 is 40.7 Å². The van der Waals surface area contributed by atoms with E-state index in [1.54, 1.807) is 0 Å².